The third-order valence-electron chi connectivity index (χ3n) is 11.1. The number of carbonyl (C=O) groups excluding carboxylic acids is 5. The fourth-order valence-corrected chi connectivity index (χ4v) is 8.81. The summed E-state index contributed by atoms with van der Waals surface area (Å²) >= 11 is 0. The molecule has 4 aliphatic rings. The van der Waals surface area contributed by atoms with E-state index in [-0.39, 0.29) is 31.4 Å². The molecule has 4 N–H and O–H groups in total. The molecule has 4 bridgehead atoms. The number of benzene rings is 1. The molecule has 54 heavy (non-hydrogen) atoms. The van der Waals surface area contributed by atoms with Crippen molar-refractivity contribution in [3.05, 3.63) is 54.3 Å². The molecule has 1 aromatic heterocycles. The number of allylic oxidation sites excluding steroid dienone is 1. The van der Waals surface area contributed by atoms with Crippen molar-refractivity contribution in [1.29, 1.82) is 0 Å². The number of hydrogen-bond donors (Lipinski definition) is 4. The van der Waals surface area contributed by atoms with Gasteiger partial charge in [0.15, 0.2) is 0 Å². The van der Waals surface area contributed by atoms with Crippen LogP contribution in [-0.4, -0.2) is 89.7 Å². The van der Waals surface area contributed by atoms with Gasteiger partial charge in [-0.3, -0.25) is 23.9 Å². The molecule has 6 rings (SSSR count). The van der Waals surface area contributed by atoms with Crippen LogP contribution in [0.25, 0.3) is 17.0 Å². The standard InChI is InChI=1S/C39H52N6O8S/c1-8-24-20-39(24,35(49)43-54(51,52)26-15-16-26)42-33(47)30-18-25-21-45(30)34(48)31(37(2,3)4)41-36(50)53-22-38(5,6)17-10-9-12-23-13-11-14-28-27(23)19-29(44(28)7)32(46)40-25/h8-9,11-14,19,24-26,30-31H,1,10,15-18,20-22H2,2-7H3,(H,40,46)(H,41,50)(H,42,47)(H,43,49)/b12-9+/t24-,25-,30+,31-,39-/m1/s1. The first-order chi connectivity index (χ1) is 25.3. The first kappa shape index (κ1) is 39.0. The van der Waals surface area contributed by atoms with Crippen molar-refractivity contribution in [2.24, 2.45) is 23.8 Å². The van der Waals surface area contributed by atoms with Crippen LogP contribution in [0.4, 0.5) is 4.79 Å². The van der Waals surface area contributed by atoms with Crippen molar-refractivity contribution in [2.75, 3.05) is 13.2 Å². The van der Waals surface area contributed by atoms with Gasteiger partial charge in [0.1, 0.15) is 23.3 Å². The molecule has 292 valence electrons. The Kier molecular flexibility index (Phi) is 10.3. The van der Waals surface area contributed by atoms with Crippen molar-refractivity contribution in [3.63, 3.8) is 0 Å². The summed E-state index contributed by atoms with van der Waals surface area (Å²) in [6.45, 7) is 13.1. The maximum absolute atomic E-state index is 14.5. The van der Waals surface area contributed by atoms with Crippen LogP contribution in [0.2, 0.25) is 0 Å². The molecule has 0 radical (unpaired) electrons. The third-order valence-corrected chi connectivity index (χ3v) is 12.9. The molecule has 2 aliphatic carbocycles. The van der Waals surface area contributed by atoms with E-state index in [4.69, 9.17) is 4.74 Å². The number of fused-ring (bicyclic) bond motifs is 3. The predicted molar refractivity (Wildman–Crippen MR) is 203 cm³/mol. The zero-order valence-electron chi connectivity index (χ0n) is 31.9. The topological polar surface area (TPSA) is 185 Å². The highest BCUT2D eigenvalue weighted by atomic mass is 32.2. The highest BCUT2D eigenvalue weighted by Crippen LogP contribution is 2.45. The van der Waals surface area contributed by atoms with Crippen molar-refractivity contribution >= 4 is 56.7 Å². The van der Waals surface area contributed by atoms with Crippen LogP contribution in [0, 0.1) is 16.7 Å². The number of carbonyl (C=O) groups is 5. The van der Waals surface area contributed by atoms with E-state index in [0.717, 1.165) is 16.5 Å². The highest BCUT2D eigenvalue weighted by Gasteiger charge is 2.62. The maximum Gasteiger partial charge on any atom is 0.407 e. The lowest BCUT2D eigenvalue weighted by molar-refractivity contribution is -0.142. The normalized spacial score (nSPS) is 28.4. The number of rotatable bonds is 6. The Bertz CT molecular complexity index is 2030. The minimum absolute atomic E-state index is 0.00638. The number of cyclic esters (lactones) is 1. The van der Waals surface area contributed by atoms with Crippen molar-refractivity contribution in [1.82, 2.24) is 30.1 Å². The molecule has 15 heteroatoms. The molecule has 1 aromatic carbocycles. The molecule has 1 saturated heterocycles. The summed E-state index contributed by atoms with van der Waals surface area (Å²) in [6.07, 6.45) is 7.23. The van der Waals surface area contributed by atoms with Gasteiger partial charge in [0.25, 0.3) is 11.8 Å². The van der Waals surface area contributed by atoms with Gasteiger partial charge in [-0.2, -0.15) is 0 Å². The number of nitrogens with zero attached hydrogens (tertiary/aromatic N) is 2. The summed E-state index contributed by atoms with van der Waals surface area (Å²) in [7, 11) is -2.11. The van der Waals surface area contributed by atoms with Crippen LogP contribution in [0.3, 0.4) is 0 Å². The van der Waals surface area contributed by atoms with Gasteiger partial charge in [-0.15, -0.1) is 6.58 Å². The second-order valence-electron chi connectivity index (χ2n) is 17.1. The molecule has 0 spiro atoms. The zero-order chi connectivity index (χ0) is 39.4. The van der Waals surface area contributed by atoms with Crippen LogP contribution in [0.15, 0.2) is 43.0 Å². The molecule has 5 atom stereocenters. The van der Waals surface area contributed by atoms with Gasteiger partial charge in [-0.05, 0) is 67.1 Å². The lowest BCUT2D eigenvalue weighted by atomic mass is 9.85. The number of sulfonamides is 1. The lowest BCUT2D eigenvalue weighted by Crippen LogP contribution is -2.60. The summed E-state index contributed by atoms with van der Waals surface area (Å²) in [6, 6.07) is 4.66. The average Bonchev–Trinajstić information content (AvgIpc) is 4.00. The van der Waals surface area contributed by atoms with E-state index >= 15 is 0 Å². The Balaban J connectivity index is 1.34. The van der Waals surface area contributed by atoms with Crippen LogP contribution in [0.1, 0.15) is 89.2 Å². The van der Waals surface area contributed by atoms with Gasteiger partial charge in [0.05, 0.1) is 11.9 Å². The molecule has 0 unspecified atom stereocenters. The van der Waals surface area contributed by atoms with E-state index in [2.05, 4.69) is 33.3 Å². The molecule has 14 nitrogen and oxygen atoms in total. The van der Waals surface area contributed by atoms with Gasteiger partial charge in [0.2, 0.25) is 21.8 Å². The second-order valence-corrected chi connectivity index (χ2v) is 19.0. The predicted octanol–water partition coefficient (Wildman–Crippen LogP) is 3.52. The molecule has 2 aromatic rings. The fourth-order valence-electron chi connectivity index (χ4n) is 7.45. The number of aromatic nitrogens is 1. The van der Waals surface area contributed by atoms with Crippen molar-refractivity contribution < 1.29 is 37.1 Å². The number of hydrogen-bond acceptors (Lipinski definition) is 8. The molecule has 2 aliphatic heterocycles. The van der Waals surface area contributed by atoms with Gasteiger partial charge in [-0.1, -0.05) is 65.0 Å². The van der Waals surface area contributed by atoms with E-state index in [1.165, 1.54) is 11.0 Å². The largest absolute Gasteiger partial charge is 0.449 e. The smallest absolute Gasteiger partial charge is 0.407 e. The first-order valence-corrected chi connectivity index (χ1v) is 20.1. The number of amides is 5. The van der Waals surface area contributed by atoms with E-state index in [9.17, 15) is 32.4 Å². The summed E-state index contributed by atoms with van der Waals surface area (Å²) in [5.74, 6) is -3.07. The fraction of sp³-hybridized carbons (Fsp3) is 0.564. The molecular formula is C39H52N6O8S. The Hall–Kier alpha value is -4.66. The molecule has 5 amide bonds. The highest BCUT2D eigenvalue weighted by molar-refractivity contribution is 7.91. The second kappa shape index (κ2) is 14.2. The molecular weight excluding hydrogens is 713 g/mol. The number of aryl methyl sites for hydroxylation is 1. The molecule has 3 heterocycles. The van der Waals surface area contributed by atoms with Crippen LogP contribution < -0.4 is 20.7 Å². The minimum Gasteiger partial charge on any atom is -0.449 e. The molecule has 2 saturated carbocycles. The van der Waals surface area contributed by atoms with E-state index < -0.39 is 80.0 Å². The summed E-state index contributed by atoms with van der Waals surface area (Å²) in [4.78, 5) is 70.8. The maximum atomic E-state index is 14.5. The summed E-state index contributed by atoms with van der Waals surface area (Å²) in [5.41, 5.74) is -0.607. The van der Waals surface area contributed by atoms with Gasteiger partial charge >= 0.3 is 6.09 Å². The Morgan fingerprint density at radius 3 is 2.48 bits per heavy atom. The number of nitrogens with one attached hydrogen (secondary N) is 4. The van der Waals surface area contributed by atoms with E-state index in [1.54, 1.807) is 32.4 Å². The van der Waals surface area contributed by atoms with Crippen LogP contribution in [-0.2, 0) is 36.2 Å². The summed E-state index contributed by atoms with van der Waals surface area (Å²) in [5, 5.41) is 8.77. The van der Waals surface area contributed by atoms with Crippen molar-refractivity contribution in [3.8, 4) is 0 Å². The third kappa shape index (κ3) is 7.91. The average molecular weight is 765 g/mol. The SMILES string of the molecule is C=C[C@@H]1C[C@]1(NC(=O)[C@@H]1C[C@@H]2CN1C(=O)[C@H](C(C)(C)C)NC(=O)OCC(C)(C)CC/C=C/c1cccc3c1cc(n3C)C(=O)N2)C(=O)NS(=O)(=O)C1CC1. The van der Waals surface area contributed by atoms with Gasteiger partial charge in [-0.25, -0.2) is 13.2 Å². The first-order valence-electron chi connectivity index (χ1n) is 18.6. The van der Waals surface area contributed by atoms with E-state index in [0.29, 0.717) is 31.4 Å². The Morgan fingerprint density at radius 2 is 1.83 bits per heavy atom. The molecule has 3 fully saturated rings. The van der Waals surface area contributed by atoms with E-state index in [1.807, 2.05) is 44.2 Å². The van der Waals surface area contributed by atoms with Crippen LogP contribution in [0.5, 0.6) is 0 Å². The Labute approximate surface area is 316 Å². The number of ether oxygens (including phenoxy) is 1. The minimum atomic E-state index is -3.91. The number of alkyl carbamates (subject to hydrolysis) is 1. The van der Waals surface area contributed by atoms with Gasteiger partial charge < -0.3 is 30.2 Å². The van der Waals surface area contributed by atoms with Crippen molar-refractivity contribution in [2.45, 2.75) is 102 Å². The zero-order valence-corrected chi connectivity index (χ0v) is 32.7. The monoisotopic (exact) mass is 764 g/mol. The summed E-state index contributed by atoms with van der Waals surface area (Å²) < 4.78 is 35.0. The lowest BCUT2D eigenvalue weighted by Gasteiger charge is -2.35. The van der Waals surface area contributed by atoms with Gasteiger partial charge in [0, 0.05) is 36.5 Å². The van der Waals surface area contributed by atoms with Crippen LogP contribution >= 0.6 is 0 Å². The Morgan fingerprint density at radius 1 is 1.11 bits per heavy atom. The quantitative estimate of drug-likeness (QED) is 0.322.